The van der Waals surface area contributed by atoms with Crippen LogP contribution in [0.25, 0.3) is 0 Å². The fourth-order valence-electron chi connectivity index (χ4n) is 3.10. The van der Waals surface area contributed by atoms with E-state index in [1.165, 1.54) is 7.11 Å². The van der Waals surface area contributed by atoms with Crippen molar-refractivity contribution in [2.75, 3.05) is 27.2 Å². The topological polar surface area (TPSA) is 79.1 Å². The van der Waals surface area contributed by atoms with Gasteiger partial charge in [0.2, 0.25) is 0 Å². The van der Waals surface area contributed by atoms with Crippen LogP contribution in [0.3, 0.4) is 0 Å². The number of hydrogen-bond acceptors (Lipinski definition) is 5. The van der Waals surface area contributed by atoms with Crippen molar-refractivity contribution in [1.29, 1.82) is 0 Å². The summed E-state index contributed by atoms with van der Waals surface area (Å²) in [5, 5.41) is 6.74. The third-order valence-electron chi connectivity index (χ3n) is 4.72. The van der Waals surface area contributed by atoms with Crippen LogP contribution in [0.2, 0.25) is 0 Å². The molecule has 1 fully saturated rings. The summed E-state index contributed by atoms with van der Waals surface area (Å²) in [6.07, 6.45) is 0. The molecule has 0 bridgehead atoms. The van der Waals surface area contributed by atoms with Gasteiger partial charge in [-0.25, -0.2) is 4.79 Å². The van der Waals surface area contributed by atoms with Crippen molar-refractivity contribution in [3.8, 4) is 0 Å². The number of halogens is 1. The predicted octanol–water partition coefficient (Wildman–Crippen LogP) is 2.39. The molecule has 0 amide bonds. The number of aliphatic imine (C=N–C) groups is 1. The monoisotopic (exact) mass is 478 g/mol. The highest BCUT2D eigenvalue weighted by atomic mass is 127. The molecule has 0 spiro atoms. The largest absolute Gasteiger partial charge is 0.465 e. The Balaban J connectivity index is 0.00000338. The van der Waals surface area contributed by atoms with Crippen molar-refractivity contribution in [1.82, 2.24) is 15.5 Å². The predicted molar refractivity (Wildman–Crippen MR) is 113 cm³/mol. The normalized spacial score (nSPS) is 20.8. The van der Waals surface area contributed by atoms with Crippen molar-refractivity contribution in [2.24, 2.45) is 10.9 Å². The minimum Gasteiger partial charge on any atom is -0.465 e. The van der Waals surface area contributed by atoms with Gasteiger partial charge in [0, 0.05) is 32.2 Å². The third-order valence-corrected chi connectivity index (χ3v) is 4.72. The lowest BCUT2D eigenvalue weighted by molar-refractivity contribution is 0.0599. The molecule has 7 nitrogen and oxygen atoms in total. The first-order valence-electron chi connectivity index (χ1n) is 8.74. The summed E-state index contributed by atoms with van der Waals surface area (Å²) in [4.78, 5) is 18.4. The average molecular weight is 478 g/mol. The quantitative estimate of drug-likeness (QED) is 0.293. The SMILES string of the molecule is CN=C(NCc1cc(C(=O)OC)c(C)o1)NC1CN(C(C)C)CC1C.I. The number of guanidine groups is 1. The molecular formula is C18H31IN4O3. The van der Waals surface area contributed by atoms with E-state index < -0.39 is 0 Å². The van der Waals surface area contributed by atoms with Crippen molar-refractivity contribution in [3.63, 3.8) is 0 Å². The van der Waals surface area contributed by atoms with Gasteiger partial charge in [-0.1, -0.05) is 6.92 Å². The van der Waals surface area contributed by atoms with E-state index in [4.69, 9.17) is 9.15 Å². The Morgan fingerprint density at radius 1 is 1.46 bits per heavy atom. The van der Waals surface area contributed by atoms with Gasteiger partial charge in [-0.05, 0) is 32.8 Å². The highest BCUT2D eigenvalue weighted by molar-refractivity contribution is 14.0. The van der Waals surface area contributed by atoms with Gasteiger partial charge in [0.05, 0.1) is 13.7 Å². The maximum atomic E-state index is 11.7. The van der Waals surface area contributed by atoms with Crippen LogP contribution in [0.1, 0.15) is 42.6 Å². The molecule has 2 unspecified atom stereocenters. The van der Waals surface area contributed by atoms with Crippen LogP contribution in [0, 0.1) is 12.8 Å². The minimum atomic E-state index is -0.386. The first-order valence-corrected chi connectivity index (χ1v) is 8.74. The van der Waals surface area contributed by atoms with Gasteiger partial charge < -0.3 is 19.8 Å². The molecule has 26 heavy (non-hydrogen) atoms. The third kappa shape index (κ3) is 5.60. The van der Waals surface area contributed by atoms with Gasteiger partial charge in [-0.15, -0.1) is 24.0 Å². The van der Waals surface area contributed by atoms with E-state index >= 15 is 0 Å². The Bertz CT molecular complexity index is 630. The Morgan fingerprint density at radius 3 is 2.69 bits per heavy atom. The van der Waals surface area contributed by atoms with E-state index in [0.717, 1.165) is 19.0 Å². The first kappa shape index (κ1) is 22.8. The zero-order valence-electron chi connectivity index (χ0n) is 16.5. The standard InChI is InChI=1S/C18H30N4O3.HI/c1-11(2)22-9-12(3)16(10-22)21-18(19-5)20-8-14-7-15(13(4)25-14)17(23)24-6;/h7,11-12,16H,8-10H2,1-6H3,(H2,19,20,21);1H. The van der Waals surface area contributed by atoms with Gasteiger partial charge in [0.1, 0.15) is 17.1 Å². The van der Waals surface area contributed by atoms with E-state index in [1.54, 1.807) is 20.0 Å². The molecule has 0 radical (unpaired) electrons. The Morgan fingerprint density at radius 2 is 2.15 bits per heavy atom. The van der Waals surface area contributed by atoms with Gasteiger partial charge in [-0.3, -0.25) is 9.89 Å². The van der Waals surface area contributed by atoms with E-state index in [-0.39, 0.29) is 29.9 Å². The zero-order valence-corrected chi connectivity index (χ0v) is 18.8. The molecule has 0 saturated carbocycles. The first-order chi connectivity index (χ1) is 11.8. The number of esters is 1. The van der Waals surface area contributed by atoms with Gasteiger partial charge >= 0.3 is 5.97 Å². The second-order valence-electron chi connectivity index (χ2n) is 6.88. The van der Waals surface area contributed by atoms with Crippen LogP contribution >= 0.6 is 24.0 Å². The molecule has 0 aliphatic carbocycles. The van der Waals surface area contributed by atoms with Crippen molar-refractivity contribution < 1.29 is 13.9 Å². The molecule has 0 aromatic carbocycles. The molecular weight excluding hydrogens is 447 g/mol. The number of hydrogen-bond donors (Lipinski definition) is 2. The molecule has 2 N–H and O–H groups in total. The fraction of sp³-hybridized carbons (Fsp3) is 0.667. The molecule has 148 valence electrons. The highest BCUT2D eigenvalue weighted by Crippen LogP contribution is 2.19. The number of methoxy groups -OCH3 is 1. The number of furan rings is 1. The van der Waals surface area contributed by atoms with Crippen LogP contribution in [-0.2, 0) is 11.3 Å². The van der Waals surface area contributed by atoms with E-state index in [9.17, 15) is 4.79 Å². The molecule has 2 heterocycles. The second-order valence-corrected chi connectivity index (χ2v) is 6.88. The van der Waals surface area contributed by atoms with E-state index in [0.29, 0.717) is 41.6 Å². The average Bonchev–Trinajstić information content (AvgIpc) is 3.13. The lowest BCUT2D eigenvalue weighted by Gasteiger charge is -2.21. The number of nitrogens with zero attached hydrogens (tertiary/aromatic N) is 2. The summed E-state index contributed by atoms with van der Waals surface area (Å²) < 4.78 is 10.4. The summed E-state index contributed by atoms with van der Waals surface area (Å²) >= 11 is 0. The number of aryl methyl sites for hydroxylation is 1. The summed E-state index contributed by atoms with van der Waals surface area (Å²) in [6, 6.07) is 2.62. The molecule has 1 saturated heterocycles. The summed E-state index contributed by atoms with van der Waals surface area (Å²) in [6.45, 7) is 11.0. The van der Waals surface area contributed by atoms with Gasteiger partial charge in [0.25, 0.3) is 0 Å². The van der Waals surface area contributed by atoms with Crippen molar-refractivity contribution in [2.45, 2.75) is 46.3 Å². The fourth-order valence-corrected chi connectivity index (χ4v) is 3.10. The number of nitrogens with one attached hydrogen (secondary N) is 2. The number of likely N-dealkylation sites (tertiary alicyclic amines) is 1. The molecule has 1 aliphatic rings. The van der Waals surface area contributed by atoms with Crippen LogP contribution in [0.4, 0.5) is 0 Å². The van der Waals surface area contributed by atoms with Gasteiger partial charge in [0.15, 0.2) is 5.96 Å². The zero-order chi connectivity index (χ0) is 18.6. The van der Waals surface area contributed by atoms with Crippen molar-refractivity contribution in [3.05, 3.63) is 23.2 Å². The number of rotatable bonds is 5. The summed E-state index contributed by atoms with van der Waals surface area (Å²) in [5.74, 6) is 2.13. The van der Waals surface area contributed by atoms with E-state index in [2.05, 4.69) is 41.3 Å². The summed E-state index contributed by atoms with van der Waals surface area (Å²) in [7, 11) is 3.12. The maximum absolute atomic E-state index is 11.7. The van der Waals surface area contributed by atoms with Gasteiger partial charge in [-0.2, -0.15) is 0 Å². The Labute approximate surface area is 173 Å². The molecule has 2 atom stereocenters. The molecule has 2 rings (SSSR count). The van der Waals surface area contributed by atoms with Crippen LogP contribution in [-0.4, -0.2) is 56.2 Å². The number of ether oxygens (including phenoxy) is 1. The maximum Gasteiger partial charge on any atom is 0.341 e. The minimum absolute atomic E-state index is 0. The number of carbonyl (C=O) groups is 1. The number of carbonyl (C=O) groups excluding carboxylic acids is 1. The molecule has 8 heteroatoms. The molecule has 1 aromatic heterocycles. The molecule has 1 aliphatic heterocycles. The highest BCUT2D eigenvalue weighted by Gasteiger charge is 2.31. The van der Waals surface area contributed by atoms with Crippen molar-refractivity contribution >= 4 is 35.9 Å². The van der Waals surface area contributed by atoms with Crippen LogP contribution in [0.5, 0.6) is 0 Å². The summed E-state index contributed by atoms with van der Waals surface area (Å²) in [5.41, 5.74) is 0.458. The lowest BCUT2D eigenvalue weighted by atomic mass is 10.1. The Hall–Kier alpha value is -1.29. The Kier molecular flexibility index (Phi) is 8.88. The van der Waals surface area contributed by atoms with Crippen LogP contribution < -0.4 is 10.6 Å². The second kappa shape index (κ2) is 10.1. The van der Waals surface area contributed by atoms with Crippen LogP contribution in [0.15, 0.2) is 15.5 Å². The lowest BCUT2D eigenvalue weighted by Crippen LogP contribution is -2.46. The smallest absolute Gasteiger partial charge is 0.341 e. The van der Waals surface area contributed by atoms with E-state index in [1.807, 2.05) is 0 Å². The molecule has 1 aromatic rings.